The Labute approximate surface area is 118 Å². The molecule has 1 aliphatic rings. The first-order valence-electron chi connectivity index (χ1n) is 7.72. The first-order valence-corrected chi connectivity index (χ1v) is 7.72. The molecule has 112 valence electrons. The lowest BCUT2D eigenvalue weighted by Gasteiger charge is -2.29. The molecule has 0 aliphatic heterocycles. The van der Waals surface area contributed by atoms with Crippen molar-refractivity contribution in [2.24, 2.45) is 28.1 Å². The molecule has 19 heavy (non-hydrogen) atoms. The molecule has 0 bridgehead atoms. The van der Waals surface area contributed by atoms with Crippen LogP contribution in [0.15, 0.2) is 4.99 Å². The number of aliphatic imine (C=N–C) groups is 1. The Morgan fingerprint density at radius 1 is 1.16 bits per heavy atom. The largest absolute Gasteiger partial charge is 0.355 e. The van der Waals surface area contributed by atoms with Crippen molar-refractivity contribution in [1.82, 2.24) is 10.7 Å². The second-order valence-electron chi connectivity index (χ2n) is 6.89. The van der Waals surface area contributed by atoms with Crippen molar-refractivity contribution in [3.05, 3.63) is 0 Å². The van der Waals surface area contributed by atoms with Crippen LogP contribution >= 0.6 is 0 Å². The average Bonchev–Trinajstić information content (AvgIpc) is 2.77. The van der Waals surface area contributed by atoms with Gasteiger partial charge in [0.2, 0.25) is 5.96 Å². The van der Waals surface area contributed by atoms with Crippen LogP contribution < -0.4 is 16.6 Å². The number of guanidine groups is 1. The van der Waals surface area contributed by atoms with E-state index in [-0.39, 0.29) is 0 Å². The average molecular weight is 268 g/mol. The first kappa shape index (κ1) is 16.3. The highest BCUT2D eigenvalue weighted by Crippen LogP contribution is 2.43. The third-order valence-corrected chi connectivity index (χ3v) is 3.89. The summed E-state index contributed by atoms with van der Waals surface area (Å²) in [6.45, 7) is 10.8. The van der Waals surface area contributed by atoms with Gasteiger partial charge in [-0.1, -0.05) is 40.5 Å². The summed E-state index contributed by atoms with van der Waals surface area (Å²) in [4.78, 5) is 4.69. The molecule has 0 aromatic rings. The molecule has 4 nitrogen and oxygen atoms in total. The molecule has 0 aromatic carbocycles. The van der Waals surface area contributed by atoms with Crippen LogP contribution in [0.2, 0.25) is 0 Å². The fraction of sp³-hybridized carbons (Fsp3) is 0.933. The van der Waals surface area contributed by atoms with Crippen molar-refractivity contribution in [3.63, 3.8) is 0 Å². The number of nitrogens with zero attached hydrogens (tertiary/aromatic N) is 1. The highest BCUT2D eigenvalue weighted by atomic mass is 15.3. The standard InChI is InChI=1S/C15H32N4/c1-12(2)9-15(7-5-6-8-15)11-18-14(19-16)17-10-13(3)4/h12-13H,5-11,16H2,1-4H3,(H2,17,18,19). The van der Waals surface area contributed by atoms with Crippen LogP contribution in [-0.4, -0.2) is 19.0 Å². The van der Waals surface area contributed by atoms with Crippen LogP contribution in [0.3, 0.4) is 0 Å². The second-order valence-corrected chi connectivity index (χ2v) is 6.89. The van der Waals surface area contributed by atoms with Gasteiger partial charge in [0.15, 0.2) is 0 Å². The van der Waals surface area contributed by atoms with Gasteiger partial charge in [-0.05, 0) is 36.5 Å². The van der Waals surface area contributed by atoms with Gasteiger partial charge < -0.3 is 5.32 Å². The molecule has 0 unspecified atom stereocenters. The summed E-state index contributed by atoms with van der Waals surface area (Å²) in [5, 5.41) is 3.28. The molecule has 0 radical (unpaired) electrons. The molecule has 0 heterocycles. The van der Waals surface area contributed by atoms with Gasteiger partial charge in [0.25, 0.3) is 0 Å². The van der Waals surface area contributed by atoms with Crippen molar-refractivity contribution < 1.29 is 0 Å². The van der Waals surface area contributed by atoms with E-state index in [1.54, 1.807) is 0 Å². The lowest BCUT2D eigenvalue weighted by molar-refractivity contribution is 0.245. The van der Waals surface area contributed by atoms with Crippen molar-refractivity contribution in [2.75, 3.05) is 13.1 Å². The maximum absolute atomic E-state index is 5.54. The Hall–Kier alpha value is -0.770. The summed E-state index contributed by atoms with van der Waals surface area (Å²) in [6, 6.07) is 0. The topological polar surface area (TPSA) is 62.4 Å². The van der Waals surface area contributed by atoms with Crippen molar-refractivity contribution in [3.8, 4) is 0 Å². The fourth-order valence-electron chi connectivity index (χ4n) is 3.12. The minimum absolute atomic E-state index is 0.412. The molecular weight excluding hydrogens is 236 g/mol. The normalized spacial score (nSPS) is 19.2. The minimum Gasteiger partial charge on any atom is -0.355 e. The highest BCUT2D eigenvalue weighted by molar-refractivity contribution is 5.79. The Kier molecular flexibility index (Phi) is 6.63. The lowest BCUT2D eigenvalue weighted by Crippen LogP contribution is -2.43. The van der Waals surface area contributed by atoms with Crippen molar-refractivity contribution >= 4 is 5.96 Å². The Bertz CT molecular complexity index is 278. The van der Waals surface area contributed by atoms with Crippen LogP contribution in [0, 0.1) is 17.3 Å². The molecule has 0 saturated heterocycles. The summed E-state index contributed by atoms with van der Waals surface area (Å²) < 4.78 is 0. The molecule has 1 aliphatic carbocycles. The highest BCUT2D eigenvalue weighted by Gasteiger charge is 2.34. The van der Waals surface area contributed by atoms with Crippen LogP contribution in [0.4, 0.5) is 0 Å². The maximum Gasteiger partial charge on any atom is 0.205 e. The molecule has 0 spiro atoms. The van der Waals surface area contributed by atoms with E-state index in [4.69, 9.17) is 10.8 Å². The zero-order valence-corrected chi connectivity index (χ0v) is 13.1. The van der Waals surface area contributed by atoms with E-state index >= 15 is 0 Å². The maximum atomic E-state index is 5.54. The van der Waals surface area contributed by atoms with E-state index in [0.717, 1.165) is 25.0 Å². The van der Waals surface area contributed by atoms with Crippen LogP contribution in [0.1, 0.15) is 59.8 Å². The number of hydrogen-bond donors (Lipinski definition) is 3. The van der Waals surface area contributed by atoms with Gasteiger partial charge >= 0.3 is 0 Å². The SMILES string of the molecule is CC(C)CNC(=NCC1(CC(C)C)CCCC1)NN. The van der Waals surface area contributed by atoms with Gasteiger partial charge in [0.05, 0.1) is 0 Å². The number of nitrogens with two attached hydrogens (primary N) is 1. The summed E-state index contributed by atoms with van der Waals surface area (Å²) in [6.07, 6.45) is 6.62. The van der Waals surface area contributed by atoms with E-state index in [0.29, 0.717) is 11.3 Å². The molecule has 1 rings (SSSR count). The molecule has 4 heteroatoms. The van der Waals surface area contributed by atoms with E-state index in [1.807, 2.05) is 0 Å². The quantitative estimate of drug-likeness (QED) is 0.300. The van der Waals surface area contributed by atoms with Gasteiger partial charge in [-0.25, -0.2) is 5.84 Å². The van der Waals surface area contributed by atoms with Gasteiger partial charge in [-0.3, -0.25) is 10.4 Å². The molecule has 0 amide bonds. The summed E-state index contributed by atoms with van der Waals surface area (Å²) >= 11 is 0. The van der Waals surface area contributed by atoms with Crippen molar-refractivity contribution in [2.45, 2.75) is 59.8 Å². The summed E-state index contributed by atoms with van der Waals surface area (Å²) in [5.41, 5.74) is 3.10. The molecule has 0 atom stereocenters. The van der Waals surface area contributed by atoms with E-state index < -0.39 is 0 Å². The van der Waals surface area contributed by atoms with Gasteiger partial charge in [-0.15, -0.1) is 0 Å². The van der Waals surface area contributed by atoms with Crippen molar-refractivity contribution in [1.29, 1.82) is 0 Å². The van der Waals surface area contributed by atoms with Crippen LogP contribution in [-0.2, 0) is 0 Å². The minimum atomic E-state index is 0.412. The predicted octanol–water partition coefficient (Wildman–Crippen LogP) is 2.66. The molecule has 4 N–H and O–H groups in total. The predicted molar refractivity (Wildman–Crippen MR) is 82.8 cm³/mol. The number of hydrazine groups is 1. The Morgan fingerprint density at radius 3 is 2.26 bits per heavy atom. The molecular formula is C15H32N4. The summed E-state index contributed by atoms with van der Waals surface area (Å²) in [5.74, 6) is 7.62. The number of hydrogen-bond acceptors (Lipinski definition) is 2. The van der Waals surface area contributed by atoms with Gasteiger partial charge in [0.1, 0.15) is 0 Å². The Morgan fingerprint density at radius 2 is 1.79 bits per heavy atom. The first-order chi connectivity index (χ1) is 8.97. The Balaban J connectivity index is 2.57. The third-order valence-electron chi connectivity index (χ3n) is 3.89. The van der Waals surface area contributed by atoms with Crippen LogP contribution in [0.5, 0.6) is 0 Å². The monoisotopic (exact) mass is 268 g/mol. The molecule has 1 fully saturated rings. The lowest BCUT2D eigenvalue weighted by atomic mass is 9.78. The fourth-order valence-corrected chi connectivity index (χ4v) is 3.12. The van der Waals surface area contributed by atoms with Gasteiger partial charge in [0, 0.05) is 13.1 Å². The second kappa shape index (κ2) is 7.73. The summed E-state index contributed by atoms with van der Waals surface area (Å²) in [7, 11) is 0. The number of nitrogens with one attached hydrogen (secondary N) is 2. The van der Waals surface area contributed by atoms with E-state index in [2.05, 4.69) is 38.4 Å². The zero-order valence-electron chi connectivity index (χ0n) is 13.1. The zero-order chi connectivity index (χ0) is 14.3. The van der Waals surface area contributed by atoms with Gasteiger partial charge in [-0.2, -0.15) is 0 Å². The van der Waals surface area contributed by atoms with E-state index in [9.17, 15) is 0 Å². The molecule has 0 aromatic heterocycles. The molecule has 1 saturated carbocycles. The number of rotatable bonds is 6. The van der Waals surface area contributed by atoms with Crippen LogP contribution in [0.25, 0.3) is 0 Å². The van der Waals surface area contributed by atoms with E-state index in [1.165, 1.54) is 32.1 Å². The third kappa shape index (κ3) is 5.81. The smallest absolute Gasteiger partial charge is 0.205 e.